The van der Waals surface area contributed by atoms with Gasteiger partial charge in [0.25, 0.3) is 0 Å². The van der Waals surface area contributed by atoms with Crippen molar-refractivity contribution < 1.29 is 18.7 Å². The Morgan fingerprint density at radius 1 is 1.31 bits per heavy atom. The number of rotatable bonds is 4. The lowest BCUT2D eigenvalue weighted by atomic mass is 9.77. The van der Waals surface area contributed by atoms with Crippen LogP contribution in [0.1, 0.15) is 25.3 Å². The number of hydrogen-bond acceptors (Lipinski definition) is 3. The van der Waals surface area contributed by atoms with Crippen LogP contribution in [0.5, 0.6) is 0 Å². The topological polar surface area (TPSA) is 58.6 Å². The number of ether oxygens (including phenoxy) is 1. The van der Waals surface area contributed by atoms with Gasteiger partial charge in [0, 0.05) is 37.7 Å². The Kier molecular flexibility index (Phi) is 5.82. The van der Waals surface area contributed by atoms with Gasteiger partial charge in [-0.15, -0.1) is 0 Å². The molecule has 4 atom stereocenters. The quantitative estimate of drug-likeness (QED) is 0.870. The Morgan fingerprint density at radius 2 is 2.00 bits per heavy atom. The number of nitrogens with one attached hydrogen (secondary N) is 1. The Hall–Kier alpha value is -1.66. The minimum Gasteiger partial charge on any atom is -0.379 e. The van der Waals surface area contributed by atoms with Crippen LogP contribution in [0.15, 0.2) is 18.2 Å². The van der Waals surface area contributed by atoms with E-state index in [1.54, 1.807) is 18.1 Å². The third-order valence-corrected chi connectivity index (χ3v) is 5.90. The van der Waals surface area contributed by atoms with E-state index in [2.05, 4.69) is 5.32 Å². The van der Waals surface area contributed by atoms with Gasteiger partial charge in [-0.3, -0.25) is 9.59 Å². The lowest BCUT2D eigenvalue weighted by molar-refractivity contribution is -0.129. The van der Waals surface area contributed by atoms with Crippen LogP contribution in [0.25, 0.3) is 0 Å². The summed E-state index contributed by atoms with van der Waals surface area (Å²) in [6.07, 6.45) is 1.51. The van der Waals surface area contributed by atoms with Gasteiger partial charge in [-0.1, -0.05) is 17.7 Å². The first-order chi connectivity index (χ1) is 12.4. The van der Waals surface area contributed by atoms with Crippen LogP contribution in [0, 0.1) is 17.7 Å². The van der Waals surface area contributed by atoms with Crippen molar-refractivity contribution in [2.45, 2.75) is 38.3 Å². The van der Waals surface area contributed by atoms with Gasteiger partial charge >= 0.3 is 0 Å². The first-order valence-electron chi connectivity index (χ1n) is 8.89. The van der Waals surface area contributed by atoms with Gasteiger partial charge in [0.1, 0.15) is 5.82 Å². The number of benzene rings is 1. The van der Waals surface area contributed by atoms with Gasteiger partial charge in [-0.05, 0) is 36.8 Å². The number of hydrogen-bond donors (Lipinski definition) is 1. The highest BCUT2D eigenvalue weighted by molar-refractivity contribution is 6.31. The Bertz CT molecular complexity index is 679. The number of carbonyl (C=O) groups excluding carboxylic acids is 2. The molecule has 1 aliphatic carbocycles. The molecule has 2 fully saturated rings. The molecule has 0 aromatic heterocycles. The second-order valence-electron chi connectivity index (χ2n) is 7.25. The highest BCUT2D eigenvalue weighted by Crippen LogP contribution is 2.38. The molecule has 7 heteroatoms. The lowest BCUT2D eigenvalue weighted by Gasteiger charge is -2.37. The van der Waals surface area contributed by atoms with Gasteiger partial charge in [0.05, 0.1) is 18.6 Å². The number of halogens is 2. The number of amides is 2. The van der Waals surface area contributed by atoms with Crippen LogP contribution in [-0.4, -0.2) is 49.1 Å². The van der Waals surface area contributed by atoms with Crippen LogP contribution in [0.4, 0.5) is 4.39 Å². The minimum atomic E-state index is -0.451. The average Bonchev–Trinajstić information content (AvgIpc) is 2.99. The fourth-order valence-corrected chi connectivity index (χ4v) is 4.48. The fourth-order valence-electron chi connectivity index (χ4n) is 4.25. The van der Waals surface area contributed by atoms with Crippen molar-refractivity contribution >= 4 is 23.4 Å². The summed E-state index contributed by atoms with van der Waals surface area (Å²) in [4.78, 5) is 25.9. The second-order valence-corrected chi connectivity index (χ2v) is 7.66. The van der Waals surface area contributed by atoms with Crippen LogP contribution < -0.4 is 5.32 Å². The number of carbonyl (C=O) groups is 2. The summed E-state index contributed by atoms with van der Waals surface area (Å²) >= 11 is 6.04. The third-order valence-electron chi connectivity index (χ3n) is 5.55. The summed E-state index contributed by atoms with van der Waals surface area (Å²) in [6.45, 7) is 2.77. The van der Waals surface area contributed by atoms with Crippen molar-refractivity contribution in [2.75, 3.05) is 20.2 Å². The summed E-state index contributed by atoms with van der Waals surface area (Å²) in [6, 6.07) is 4.41. The van der Waals surface area contributed by atoms with E-state index in [9.17, 15) is 14.0 Å². The van der Waals surface area contributed by atoms with E-state index < -0.39 is 5.82 Å². The predicted octanol–water partition coefficient (Wildman–Crippen LogP) is 2.41. The zero-order chi connectivity index (χ0) is 18.8. The van der Waals surface area contributed by atoms with Gasteiger partial charge in [-0.25, -0.2) is 4.39 Å². The first-order valence-corrected chi connectivity index (χ1v) is 9.27. The molecule has 142 valence electrons. The maximum Gasteiger partial charge on any atom is 0.227 e. The molecule has 1 aromatic carbocycles. The molecule has 0 bridgehead atoms. The van der Waals surface area contributed by atoms with Gasteiger partial charge in [-0.2, -0.15) is 0 Å². The molecule has 2 amide bonds. The van der Waals surface area contributed by atoms with Crippen molar-refractivity contribution in [2.24, 2.45) is 11.8 Å². The molecule has 5 nitrogen and oxygen atoms in total. The van der Waals surface area contributed by atoms with E-state index in [1.807, 2.05) is 0 Å². The highest BCUT2D eigenvalue weighted by Gasteiger charge is 2.43. The molecular formula is C19H24ClFN2O3. The van der Waals surface area contributed by atoms with Crippen molar-refractivity contribution in [1.29, 1.82) is 0 Å². The molecule has 0 unspecified atom stereocenters. The van der Waals surface area contributed by atoms with Gasteiger partial charge in [0.15, 0.2) is 0 Å². The minimum absolute atomic E-state index is 0.0326. The normalized spacial score (nSPS) is 27.9. The molecule has 1 N–H and O–H groups in total. The van der Waals surface area contributed by atoms with Crippen LogP contribution >= 0.6 is 11.6 Å². The molecule has 26 heavy (non-hydrogen) atoms. The van der Waals surface area contributed by atoms with E-state index in [1.165, 1.54) is 19.1 Å². The summed E-state index contributed by atoms with van der Waals surface area (Å²) in [5.74, 6) is 0.0167. The number of likely N-dealkylation sites (tertiary alicyclic amines) is 1. The van der Waals surface area contributed by atoms with E-state index in [0.717, 1.165) is 12.8 Å². The number of nitrogens with zero attached hydrogens (tertiary/aromatic N) is 1. The molecule has 1 aliphatic heterocycles. The maximum atomic E-state index is 14.0. The van der Waals surface area contributed by atoms with Gasteiger partial charge < -0.3 is 15.0 Å². The SMILES string of the molecule is CO[C@@H]1C[C@H]2CN(C(=O)Cc3c(F)cccc3Cl)C[C@H]2C[C@H]1NC(C)=O. The summed E-state index contributed by atoms with van der Waals surface area (Å²) in [7, 11) is 1.65. The van der Waals surface area contributed by atoms with E-state index in [4.69, 9.17) is 16.3 Å². The molecule has 1 heterocycles. The molecule has 3 rings (SSSR count). The van der Waals surface area contributed by atoms with Crippen molar-refractivity contribution in [3.05, 3.63) is 34.6 Å². The van der Waals surface area contributed by atoms with E-state index >= 15 is 0 Å². The van der Waals surface area contributed by atoms with Gasteiger partial charge in [0.2, 0.25) is 11.8 Å². The molecule has 0 spiro atoms. The molecule has 2 aliphatic rings. The molecule has 0 radical (unpaired) electrons. The molecule has 1 aromatic rings. The molecule has 1 saturated heterocycles. The maximum absolute atomic E-state index is 14.0. The molecular weight excluding hydrogens is 359 g/mol. The zero-order valence-corrected chi connectivity index (χ0v) is 15.8. The third kappa shape index (κ3) is 4.01. The van der Waals surface area contributed by atoms with Crippen molar-refractivity contribution in [1.82, 2.24) is 10.2 Å². The first kappa shape index (κ1) is 19.1. The van der Waals surface area contributed by atoms with E-state index in [0.29, 0.717) is 24.9 Å². The smallest absolute Gasteiger partial charge is 0.227 e. The Labute approximate surface area is 157 Å². The standard InChI is InChI=1S/C19H24ClFN2O3/c1-11(24)22-17-6-12-9-23(10-13(12)7-18(17)26-2)19(25)8-14-15(20)4-3-5-16(14)21/h3-5,12-13,17-18H,6-10H2,1-2H3,(H,22,24)/t12-,13+,17-,18-/m1/s1. The highest BCUT2D eigenvalue weighted by atomic mass is 35.5. The monoisotopic (exact) mass is 382 g/mol. The Morgan fingerprint density at radius 3 is 2.62 bits per heavy atom. The number of methoxy groups -OCH3 is 1. The molecule has 1 saturated carbocycles. The summed E-state index contributed by atoms with van der Waals surface area (Å²) < 4.78 is 19.5. The zero-order valence-electron chi connectivity index (χ0n) is 15.0. The lowest BCUT2D eigenvalue weighted by Crippen LogP contribution is -2.49. The predicted molar refractivity (Wildman–Crippen MR) is 96.3 cm³/mol. The van der Waals surface area contributed by atoms with Crippen LogP contribution in [0.3, 0.4) is 0 Å². The van der Waals surface area contributed by atoms with Crippen molar-refractivity contribution in [3.63, 3.8) is 0 Å². The second kappa shape index (κ2) is 7.92. The Balaban J connectivity index is 1.66. The summed E-state index contributed by atoms with van der Waals surface area (Å²) in [5.41, 5.74) is 0.250. The van der Waals surface area contributed by atoms with Crippen LogP contribution in [-0.2, 0) is 20.7 Å². The number of fused-ring (bicyclic) bond motifs is 1. The van der Waals surface area contributed by atoms with Crippen LogP contribution in [0.2, 0.25) is 5.02 Å². The fraction of sp³-hybridized carbons (Fsp3) is 0.579. The van der Waals surface area contributed by atoms with E-state index in [-0.39, 0.29) is 41.0 Å². The largest absolute Gasteiger partial charge is 0.379 e. The van der Waals surface area contributed by atoms with Crippen molar-refractivity contribution in [3.8, 4) is 0 Å². The average molecular weight is 383 g/mol. The summed E-state index contributed by atoms with van der Waals surface area (Å²) in [5, 5.41) is 3.24.